The molecule has 1 aromatic heterocycles. The van der Waals surface area contributed by atoms with E-state index in [-0.39, 0.29) is 6.04 Å². The molecular weight excluding hydrogens is 232 g/mol. The molecule has 0 fully saturated rings. The molecule has 0 aliphatic carbocycles. The molecule has 1 heterocycles. The van der Waals surface area contributed by atoms with Crippen molar-refractivity contribution in [3.05, 3.63) is 5.89 Å². The first-order valence-corrected chi connectivity index (χ1v) is 6.29. The lowest BCUT2D eigenvalue weighted by Gasteiger charge is -2.21. The van der Waals surface area contributed by atoms with Gasteiger partial charge in [0, 0.05) is 14.2 Å². The molecule has 6 heteroatoms. The van der Waals surface area contributed by atoms with Crippen LogP contribution in [0.5, 0.6) is 0 Å². The van der Waals surface area contributed by atoms with Crippen LogP contribution in [0.1, 0.15) is 26.7 Å². The molecule has 1 aromatic rings. The number of likely N-dealkylation sites (N-methyl/N-ethyl adjacent to an activating group) is 1. The maximum atomic E-state index is 5.58. The normalized spacial score (nSPS) is 13.0. The summed E-state index contributed by atoms with van der Waals surface area (Å²) in [5.41, 5.74) is 0. The third-order valence-corrected chi connectivity index (χ3v) is 2.66. The molecule has 0 amide bonds. The number of ether oxygens (including phenoxy) is 1. The van der Waals surface area contributed by atoms with E-state index >= 15 is 0 Å². The Morgan fingerprint density at radius 2 is 2.06 bits per heavy atom. The second-order valence-electron chi connectivity index (χ2n) is 4.92. The Morgan fingerprint density at radius 3 is 2.67 bits per heavy atom. The van der Waals surface area contributed by atoms with Crippen molar-refractivity contribution in [1.82, 2.24) is 15.5 Å². The van der Waals surface area contributed by atoms with E-state index in [4.69, 9.17) is 9.15 Å². The molecule has 1 N–H and O–H groups in total. The van der Waals surface area contributed by atoms with Crippen molar-refractivity contribution in [2.75, 3.05) is 32.2 Å². The molecule has 0 saturated heterocycles. The van der Waals surface area contributed by atoms with E-state index in [2.05, 4.69) is 29.4 Å². The lowest BCUT2D eigenvalue weighted by molar-refractivity contribution is 0.181. The Morgan fingerprint density at radius 1 is 1.33 bits per heavy atom. The molecule has 104 valence electrons. The fourth-order valence-electron chi connectivity index (χ4n) is 1.47. The smallest absolute Gasteiger partial charge is 0.318 e. The largest absolute Gasteiger partial charge is 0.407 e. The van der Waals surface area contributed by atoms with Gasteiger partial charge in [-0.3, -0.25) is 0 Å². The van der Waals surface area contributed by atoms with Gasteiger partial charge < -0.3 is 19.4 Å². The fourth-order valence-corrected chi connectivity index (χ4v) is 1.47. The SMILES string of the molecule is COCC(C)N(C)c1nnc(CNCC(C)C)o1. The lowest BCUT2D eigenvalue weighted by Crippen LogP contribution is -2.32. The topological polar surface area (TPSA) is 63.4 Å². The second-order valence-corrected chi connectivity index (χ2v) is 4.92. The molecule has 1 rings (SSSR count). The number of hydrogen-bond donors (Lipinski definition) is 1. The molecule has 0 bridgehead atoms. The van der Waals surface area contributed by atoms with Gasteiger partial charge in [0.15, 0.2) is 0 Å². The maximum Gasteiger partial charge on any atom is 0.318 e. The summed E-state index contributed by atoms with van der Waals surface area (Å²) in [6.45, 7) is 8.54. The van der Waals surface area contributed by atoms with Crippen molar-refractivity contribution >= 4 is 6.01 Å². The van der Waals surface area contributed by atoms with Crippen molar-refractivity contribution in [3.8, 4) is 0 Å². The van der Waals surface area contributed by atoms with Crippen LogP contribution in [0.2, 0.25) is 0 Å². The highest BCUT2D eigenvalue weighted by atomic mass is 16.5. The van der Waals surface area contributed by atoms with Gasteiger partial charge in [0.05, 0.1) is 19.2 Å². The number of methoxy groups -OCH3 is 1. The molecule has 0 aliphatic rings. The average Bonchev–Trinajstić information content (AvgIpc) is 2.76. The molecule has 0 radical (unpaired) electrons. The highest BCUT2D eigenvalue weighted by Crippen LogP contribution is 2.13. The minimum absolute atomic E-state index is 0.201. The Hall–Kier alpha value is -1.14. The van der Waals surface area contributed by atoms with E-state index in [1.54, 1.807) is 7.11 Å². The van der Waals surface area contributed by atoms with Crippen molar-refractivity contribution < 1.29 is 9.15 Å². The van der Waals surface area contributed by atoms with Crippen molar-refractivity contribution in [2.45, 2.75) is 33.4 Å². The Kier molecular flexibility index (Phi) is 6.07. The highest BCUT2D eigenvalue weighted by Gasteiger charge is 2.16. The zero-order valence-corrected chi connectivity index (χ0v) is 11.9. The Balaban J connectivity index is 2.46. The van der Waals surface area contributed by atoms with Crippen LogP contribution in [0.25, 0.3) is 0 Å². The van der Waals surface area contributed by atoms with Crippen LogP contribution in [0.15, 0.2) is 4.42 Å². The van der Waals surface area contributed by atoms with Gasteiger partial charge in [-0.1, -0.05) is 18.9 Å². The summed E-state index contributed by atoms with van der Waals surface area (Å²) in [6, 6.07) is 0.729. The first-order chi connectivity index (χ1) is 8.54. The van der Waals surface area contributed by atoms with Crippen LogP contribution < -0.4 is 10.2 Å². The molecule has 0 spiro atoms. The van der Waals surface area contributed by atoms with Crippen molar-refractivity contribution in [2.24, 2.45) is 5.92 Å². The molecule has 6 nitrogen and oxygen atoms in total. The zero-order valence-electron chi connectivity index (χ0n) is 11.9. The van der Waals surface area contributed by atoms with E-state index in [1.165, 1.54) is 0 Å². The van der Waals surface area contributed by atoms with Gasteiger partial charge in [-0.05, 0) is 19.4 Å². The predicted octanol–water partition coefficient (Wildman–Crippen LogP) is 1.29. The fraction of sp³-hybridized carbons (Fsp3) is 0.833. The highest BCUT2D eigenvalue weighted by molar-refractivity contribution is 5.23. The summed E-state index contributed by atoms with van der Waals surface area (Å²) in [4.78, 5) is 1.92. The van der Waals surface area contributed by atoms with Gasteiger partial charge in [-0.25, -0.2) is 0 Å². The minimum Gasteiger partial charge on any atom is -0.407 e. The third kappa shape index (κ3) is 4.62. The zero-order chi connectivity index (χ0) is 13.5. The summed E-state index contributed by atoms with van der Waals surface area (Å²) >= 11 is 0. The van der Waals surface area contributed by atoms with Gasteiger partial charge in [0.1, 0.15) is 0 Å². The van der Waals surface area contributed by atoms with Gasteiger partial charge in [0.2, 0.25) is 5.89 Å². The lowest BCUT2D eigenvalue weighted by atomic mass is 10.2. The molecule has 0 aliphatic heterocycles. The molecule has 0 saturated carbocycles. The maximum absolute atomic E-state index is 5.58. The number of nitrogens with one attached hydrogen (secondary N) is 1. The van der Waals surface area contributed by atoms with Crippen LogP contribution in [0, 0.1) is 5.92 Å². The van der Waals surface area contributed by atoms with Crippen molar-refractivity contribution in [3.63, 3.8) is 0 Å². The van der Waals surface area contributed by atoms with E-state index in [0.717, 1.165) is 6.54 Å². The molecule has 1 unspecified atom stereocenters. The van der Waals surface area contributed by atoms with E-state index in [9.17, 15) is 0 Å². The molecule has 1 atom stereocenters. The Labute approximate surface area is 109 Å². The molecular formula is C12H24N4O2. The first kappa shape index (κ1) is 14.9. The number of hydrogen-bond acceptors (Lipinski definition) is 6. The second kappa shape index (κ2) is 7.33. The van der Waals surface area contributed by atoms with E-state index < -0.39 is 0 Å². The monoisotopic (exact) mass is 256 g/mol. The average molecular weight is 256 g/mol. The summed E-state index contributed by atoms with van der Waals surface area (Å²) in [7, 11) is 3.60. The summed E-state index contributed by atoms with van der Waals surface area (Å²) in [5, 5.41) is 11.3. The number of anilines is 1. The third-order valence-electron chi connectivity index (χ3n) is 2.66. The summed E-state index contributed by atoms with van der Waals surface area (Å²) < 4.78 is 10.7. The first-order valence-electron chi connectivity index (χ1n) is 6.29. The molecule has 0 aromatic carbocycles. The van der Waals surface area contributed by atoms with Crippen molar-refractivity contribution in [1.29, 1.82) is 0 Å². The van der Waals surface area contributed by atoms with E-state index in [0.29, 0.717) is 31.0 Å². The molecule has 18 heavy (non-hydrogen) atoms. The quantitative estimate of drug-likeness (QED) is 0.756. The van der Waals surface area contributed by atoms with Gasteiger partial charge in [-0.15, -0.1) is 5.10 Å². The standard InChI is InChI=1S/C12H24N4O2/c1-9(2)6-13-7-11-14-15-12(18-11)16(4)10(3)8-17-5/h9-10,13H,6-8H2,1-5H3. The van der Waals surface area contributed by atoms with Gasteiger partial charge in [0.25, 0.3) is 0 Å². The summed E-state index contributed by atoms with van der Waals surface area (Å²) in [5.74, 6) is 1.22. The van der Waals surface area contributed by atoms with Gasteiger partial charge in [-0.2, -0.15) is 0 Å². The number of nitrogens with zero attached hydrogens (tertiary/aromatic N) is 3. The van der Waals surface area contributed by atoms with Crippen LogP contribution in [0.4, 0.5) is 6.01 Å². The van der Waals surface area contributed by atoms with Crippen LogP contribution in [-0.4, -0.2) is 43.5 Å². The van der Waals surface area contributed by atoms with Crippen LogP contribution in [-0.2, 0) is 11.3 Å². The Bertz CT molecular complexity index is 341. The van der Waals surface area contributed by atoms with E-state index in [1.807, 2.05) is 18.9 Å². The summed E-state index contributed by atoms with van der Waals surface area (Å²) in [6.07, 6.45) is 0. The van der Waals surface area contributed by atoms with Crippen LogP contribution in [0.3, 0.4) is 0 Å². The number of rotatable bonds is 8. The number of aromatic nitrogens is 2. The minimum atomic E-state index is 0.201. The van der Waals surface area contributed by atoms with Crippen LogP contribution >= 0.6 is 0 Å². The predicted molar refractivity (Wildman–Crippen MR) is 70.6 cm³/mol. The van der Waals surface area contributed by atoms with Gasteiger partial charge >= 0.3 is 6.01 Å².